The van der Waals surface area contributed by atoms with Gasteiger partial charge in [-0.15, -0.1) is 0 Å². The van der Waals surface area contributed by atoms with Crippen LogP contribution in [0.25, 0.3) is 6.08 Å². The van der Waals surface area contributed by atoms with Gasteiger partial charge in [0.15, 0.2) is 28.8 Å². The summed E-state index contributed by atoms with van der Waals surface area (Å²) in [5.41, 5.74) is 1.30. The predicted molar refractivity (Wildman–Crippen MR) is 87.0 cm³/mol. The average molecular weight is 328 g/mol. The summed E-state index contributed by atoms with van der Waals surface area (Å²) < 4.78 is 15.9. The van der Waals surface area contributed by atoms with Crippen LogP contribution in [-0.2, 0) is 0 Å². The monoisotopic (exact) mass is 328 g/mol. The first-order valence-corrected chi connectivity index (χ1v) is 7.18. The Morgan fingerprint density at radius 1 is 1.08 bits per heavy atom. The zero-order chi connectivity index (χ0) is 17.4. The molecule has 0 aromatic heterocycles. The number of rotatable bonds is 3. The fraction of sp³-hybridized carbons (Fsp3) is 0.167. The Bertz CT molecular complexity index is 866. The molecular weight excluding hydrogens is 312 g/mol. The predicted octanol–water partition coefficient (Wildman–Crippen LogP) is 3.04. The van der Waals surface area contributed by atoms with E-state index in [0.717, 1.165) is 0 Å². The largest absolute Gasteiger partial charge is 0.508 e. The number of hydrogen-bond acceptors (Lipinski definition) is 6. The van der Waals surface area contributed by atoms with Crippen molar-refractivity contribution >= 4 is 11.9 Å². The number of Topliss-reactive ketones (excluding diaryl/α,β-unsaturated/α-hetero) is 1. The SMILES string of the molecule is COc1ccc(/C=C2/Oc3c(cc(O)c(C)c3OC)C2=O)cc1O. The lowest BCUT2D eigenvalue weighted by Gasteiger charge is -2.10. The van der Waals surface area contributed by atoms with Gasteiger partial charge in [-0.3, -0.25) is 4.79 Å². The van der Waals surface area contributed by atoms with Crippen LogP contribution in [0.1, 0.15) is 21.5 Å². The molecule has 1 heterocycles. The summed E-state index contributed by atoms with van der Waals surface area (Å²) in [4.78, 5) is 12.5. The number of ether oxygens (including phenoxy) is 3. The lowest BCUT2D eigenvalue weighted by atomic mass is 10.0. The number of phenolic OH excluding ortho intramolecular Hbond substituents is 2. The van der Waals surface area contributed by atoms with Gasteiger partial charge >= 0.3 is 0 Å². The van der Waals surface area contributed by atoms with E-state index < -0.39 is 0 Å². The second kappa shape index (κ2) is 5.81. The van der Waals surface area contributed by atoms with Crippen molar-refractivity contribution in [2.75, 3.05) is 14.2 Å². The molecule has 0 fully saturated rings. The molecule has 0 saturated carbocycles. The summed E-state index contributed by atoms with van der Waals surface area (Å²) >= 11 is 0. The van der Waals surface area contributed by atoms with Crippen LogP contribution in [0, 0.1) is 6.92 Å². The van der Waals surface area contributed by atoms with Gasteiger partial charge in [0.1, 0.15) is 5.75 Å². The van der Waals surface area contributed by atoms with Crippen molar-refractivity contribution in [1.29, 1.82) is 0 Å². The highest BCUT2D eigenvalue weighted by Crippen LogP contribution is 2.45. The lowest BCUT2D eigenvalue weighted by molar-refractivity contribution is 0.101. The standard InChI is InChI=1S/C18H16O6/c1-9-12(19)8-11-16(21)15(24-18(11)17(9)23-3)7-10-4-5-14(22-2)13(20)6-10/h4-8,19-20H,1-3H3/b15-7+. The Morgan fingerprint density at radius 2 is 1.83 bits per heavy atom. The number of benzene rings is 2. The summed E-state index contributed by atoms with van der Waals surface area (Å²) in [5, 5.41) is 19.8. The van der Waals surface area contributed by atoms with Crippen LogP contribution in [0.4, 0.5) is 0 Å². The van der Waals surface area contributed by atoms with E-state index >= 15 is 0 Å². The molecule has 1 aliphatic rings. The van der Waals surface area contributed by atoms with E-state index in [0.29, 0.717) is 22.6 Å². The molecule has 2 aromatic rings. The maximum Gasteiger partial charge on any atom is 0.232 e. The van der Waals surface area contributed by atoms with Crippen molar-refractivity contribution in [3.63, 3.8) is 0 Å². The molecule has 0 atom stereocenters. The normalized spacial score (nSPS) is 14.5. The van der Waals surface area contributed by atoms with Gasteiger partial charge in [-0.2, -0.15) is 0 Å². The van der Waals surface area contributed by atoms with Crippen molar-refractivity contribution in [1.82, 2.24) is 0 Å². The Balaban J connectivity index is 2.03. The smallest absolute Gasteiger partial charge is 0.232 e. The molecular formula is C18H16O6. The maximum atomic E-state index is 12.5. The van der Waals surface area contributed by atoms with Crippen LogP contribution in [0.15, 0.2) is 30.0 Å². The minimum absolute atomic E-state index is 0.0362. The third kappa shape index (κ3) is 2.42. The molecule has 3 rings (SSSR count). The number of carbonyl (C=O) groups is 1. The molecule has 6 nitrogen and oxygen atoms in total. The molecule has 0 saturated heterocycles. The molecule has 0 radical (unpaired) electrons. The molecule has 0 unspecified atom stereocenters. The minimum atomic E-state index is -0.367. The summed E-state index contributed by atoms with van der Waals surface area (Å²) in [6.07, 6.45) is 1.51. The highest BCUT2D eigenvalue weighted by Gasteiger charge is 2.32. The van der Waals surface area contributed by atoms with Gasteiger partial charge in [-0.05, 0) is 36.8 Å². The molecule has 1 aliphatic heterocycles. The number of aromatic hydroxyl groups is 2. The first-order chi connectivity index (χ1) is 11.5. The van der Waals surface area contributed by atoms with Crippen molar-refractivity contribution in [3.8, 4) is 28.7 Å². The highest BCUT2D eigenvalue weighted by molar-refractivity contribution is 6.15. The number of fused-ring (bicyclic) bond motifs is 1. The fourth-order valence-corrected chi connectivity index (χ4v) is 2.57. The van der Waals surface area contributed by atoms with Gasteiger partial charge in [-0.1, -0.05) is 6.07 Å². The Kier molecular flexibility index (Phi) is 3.81. The van der Waals surface area contributed by atoms with E-state index in [-0.39, 0.29) is 34.4 Å². The molecule has 124 valence electrons. The number of allylic oxidation sites excluding steroid dienone is 1. The topological polar surface area (TPSA) is 85.2 Å². The molecule has 0 spiro atoms. The molecule has 2 N–H and O–H groups in total. The summed E-state index contributed by atoms with van der Waals surface area (Å²) in [6.45, 7) is 1.67. The van der Waals surface area contributed by atoms with Crippen molar-refractivity contribution in [2.45, 2.75) is 6.92 Å². The van der Waals surface area contributed by atoms with Crippen LogP contribution in [0.5, 0.6) is 28.7 Å². The molecule has 0 bridgehead atoms. The first kappa shape index (κ1) is 15.7. The number of hydrogen-bond donors (Lipinski definition) is 2. The number of ketones is 1. The Hall–Kier alpha value is -3.15. The van der Waals surface area contributed by atoms with Crippen LogP contribution < -0.4 is 14.2 Å². The molecule has 2 aromatic carbocycles. The average Bonchev–Trinajstić information content (AvgIpc) is 2.85. The molecule has 24 heavy (non-hydrogen) atoms. The van der Waals surface area contributed by atoms with Crippen LogP contribution in [-0.4, -0.2) is 30.2 Å². The molecule has 6 heteroatoms. The molecule has 0 aliphatic carbocycles. The van der Waals surface area contributed by atoms with Gasteiger partial charge in [0.2, 0.25) is 5.78 Å². The quantitative estimate of drug-likeness (QED) is 0.843. The lowest BCUT2D eigenvalue weighted by Crippen LogP contribution is -1.98. The summed E-state index contributed by atoms with van der Waals surface area (Å²) in [7, 11) is 2.90. The van der Waals surface area contributed by atoms with E-state index in [9.17, 15) is 15.0 Å². The van der Waals surface area contributed by atoms with Crippen molar-refractivity contribution in [3.05, 3.63) is 46.7 Å². The maximum absolute atomic E-state index is 12.5. The Labute approximate surface area is 138 Å². The second-order valence-corrected chi connectivity index (χ2v) is 5.30. The third-order valence-electron chi connectivity index (χ3n) is 3.84. The first-order valence-electron chi connectivity index (χ1n) is 7.18. The van der Waals surface area contributed by atoms with Gasteiger partial charge < -0.3 is 24.4 Å². The van der Waals surface area contributed by atoms with E-state index in [1.807, 2.05) is 0 Å². The van der Waals surface area contributed by atoms with Crippen LogP contribution >= 0.6 is 0 Å². The van der Waals surface area contributed by atoms with E-state index in [1.54, 1.807) is 19.1 Å². The second-order valence-electron chi connectivity index (χ2n) is 5.30. The number of carbonyl (C=O) groups excluding carboxylic acids is 1. The van der Waals surface area contributed by atoms with Gasteiger partial charge in [0.05, 0.1) is 19.8 Å². The highest BCUT2D eigenvalue weighted by atomic mass is 16.5. The zero-order valence-corrected chi connectivity index (χ0v) is 13.4. The number of methoxy groups -OCH3 is 2. The molecule has 0 amide bonds. The fourth-order valence-electron chi connectivity index (χ4n) is 2.57. The Morgan fingerprint density at radius 3 is 2.46 bits per heavy atom. The van der Waals surface area contributed by atoms with Gasteiger partial charge in [-0.25, -0.2) is 0 Å². The van der Waals surface area contributed by atoms with Gasteiger partial charge in [0.25, 0.3) is 0 Å². The van der Waals surface area contributed by atoms with E-state index in [2.05, 4.69) is 0 Å². The van der Waals surface area contributed by atoms with E-state index in [1.165, 1.54) is 32.4 Å². The third-order valence-corrected chi connectivity index (χ3v) is 3.84. The number of phenols is 2. The van der Waals surface area contributed by atoms with E-state index in [4.69, 9.17) is 14.2 Å². The van der Waals surface area contributed by atoms with Crippen LogP contribution in [0.3, 0.4) is 0 Å². The minimum Gasteiger partial charge on any atom is -0.508 e. The van der Waals surface area contributed by atoms with Crippen LogP contribution in [0.2, 0.25) is 0 Å². The summed E-state index contributed by atoms with van der Waals surface area (Å²) in [5.74, 6) is 0.570. The van der Waals surface area contributed by atoms with Gasteiger partial charge in [0, 0.05) is 5.56 Å². The summed E-state index contributed by atoms with van der Waals surface area (Å²) in [6, 6.07) is 6.10. The van der Waals surface area contributed by atoms with Crippen molar-refractivity contribution in [2.24, 2.45) is 0 Å². The zero-order valence-electron chi connectivity index (χ0n) is 13.4. The van der Waals surface area contributed by atoms with Crippen molar-refractivity contribution < 1.29 is 29.2 Å².